The predicted molar refractivity (Wildman–Crippen MR) is 296 cm³/mol. The van der Waals surface area contributed by atoms with Crippen LogP contribution in [0, 0.1) is 18.8 Å². The van der Waals surface area contributed by atoms with Crippen LogP contribution in [0.1, 0.15) is 40.0 Å². The molecule has 0 bridgehead atoms. The van der Waals surface area contributed by atoms with Crippen LogP contribution in [0.4, 0.5) is 24.5 Å². The Bertz CT molecular complexity index is 3270. The van der Waals surface area contributed by atoms with Crippen LogP contribution in [0.2, 0.25) is 5.02 Å². The van der Waals surface area contributed by atoms with Crippen LogP contribution in [0.15, 0.2) is 136 Å². The minimum atomic E-state index is -6.03. The highest BCUT2D eigenvalue weighted by molar-refractivity contribution is 7.99. The maximum Gasteiger partial charge on any atom is 0.501 e. The summed E-state index contributed by atoms with van der Waals surface area (Å²) in [5.74, 6) is 6.50. The van der Waals surface area contributed by atoms with Crippen molar-refractivity contribution in [2.75, 3.05) is 95.0 Å². The number of morpholine rings is 1. The summed E-state index contributed by atoms with van der Waals surface area (Å²) in [5.41, 5.74) is -0.280. The number of likely N-dealkylation sites (N-methyl/N-ethyl adjacent to an activating group) is 1. The number of anilines is 2. The molecule has 1 unspecified atom stereocenters. The number of nitrogens with zero attached hydrogens (tertiary/aromatic N) is 4. The molecule has 0 radical (unpaired) electrons. The molecule has 402 valence electrons. The van der Waals surface area contributed by atoms with Crippen molar-refractivity contribution in [1.82, 2.24) is 24.6 Å². The molecule has 0 aliphatic carbocycles. The van der Waals surface area contributed by atoms with Gasteiger partial charge in [0.05, 0.1) is 35.1 Å². The molecule has 1 amide bonds. The number of sulfonamides is 1. The normalized spacial score (nSPS) is 15.4. The van der Waals surface area contributed by atoms with Gasteiger partial charge in [0.15, 0.2) is 0 Å². The molecule has 8 rings (SSSR count). The molecule has 6 aromatic rings. The van der Waals surface area contributed by atoms with Gasteiger partial charge in [0.1, 0.15) is 4.90 Å². The number of nitrogens with one attached hydrogen (secondary N) is 3. The molecule has 2 aliphatic rings. The van der Waals surface area contributed by atoms with Crippen LogP contribution in [0.25, 0.3) is 22.4 Å². The third kappa shape index (κ3) is 14.2. The van der Waals surface area contributed by atoms with Crippen molar-refractivity contribution in [2.45, 2.75) is 46.0 Å². The Morgan fingerprint density at radius 3 is 2.16 bits per heavy atom. The van der Waals surface area contributed by atoms with Crippen molar-refractivity contribution in [2.24, 2.45) is 7.05 Å². The number of benzene rings is 5. The maximum absolute atomic E-state index is 14.3. The van der Waals surface area contributed by atoms with E-state index in [9.17, 15) is 34.8 Å². The fourth-order valence-electron chi connectivity index (χ4n) is 9.13. The number of aromatic nitrogens is 1. The van der Waals surface area contributed by atoms with Gasteiger partial charge in [0.25, 0.3) is 25.8 Å². The molecule has 1 atom stereocenters. The van der Waals surface area contributed by atoms with Crippen LogP contribution in [0.5, 0.6) is 0 Å². The molecule has 76 heavy (non-hydrogen) atoms. The number of piperazine rings is 1. The fourth-order valence-corrected chi connectivity index (χ4v) is 12.4. The first kappa shape index (κ1) is 56.4. The van der Waals surface area contributed by atoms with E-state index in [0.717, 1.165) is 84.3 Å². The summed E-state index contributed by atoms with van der Waals surface area (Å²) < 4.78 is 107. The lowest BCUT2D eigenvalue weighted by Gasteiger charge is -2.32. The van der Waals surface area contributed by atoms with Gasteiger partial charge < -0.3 is 29.7 Å². The zero-order valence-corrected chi connectivity index (χ0v) is 45.7. The maximum atomic E-state index is 14.3. The number of hydrogen-bond acceptors (Lipinski definition) is 11. The summed E-state index contributed by atoms with van der Waals surface area (Å²) in [6.45, 7) is 10.4. The lowest BCUT2D eigenvalue weighted by Crippen LogP contribution is -2.45. The summed E-state index contributed by atoms with van der Waals surface area (Å²) in [4.78, 5) is 20.1. The molecule has 2 saturated heterocycles. The summed E-state index contributed by atoms with van der Waals surface area (Å²) in [6, 6.07) is 32.7. The second-order valence-electron chi connectivity index (χ2n) is 18.8. The zero-order chi connectivity index (χ0) is 54.0. The zero-order valence-electron chi connectivity index (χ0n) is 42.5. The van der Waals surface area contributed by atoms with Crippen molar-refractivity contribution < 1.29 is 39.5 Å². The highest BCUT2D eigenvalue weighted by Gasteiger charge is 2.48. The summed E-state index contributed by atoms with van der Waals surface area (Å²) >= 11 is 7.76. The van der Waals surface area contributed by atoms with Gasteiger partial charge in [0, 0.05) is 109 Å². The van der Waals surface area contributed by atoms with E-state index in [1.54, 1.807) is 12.1 Å². The van der Waals surface area contributed by atoms with E-state index >= 15 is 0 Å². The van der Waals surface area contributed by atoms with E-state index in [1.807, 2.05) is 97.4 Å². The second kappa shape index (κ2) is 25.1. The predicted octanol–water partition coefficient (Wildman–Crippen LogP) is 9.48. The lowest BCUT2D eigenvalue weighted by molar-refractivity contribution is -0.0435. The molecular weight excluding hydrogens is 1060 g/mol. The van der Waals surface area contributed by atoms with E-state index in [2.05, 4.69) is 48.9 Å². The molecule has 1 aromatic heterocycles. The molecule has 2 aliphatic heterocycles. The number of alkyl halides is 3. The monoisotopic (exact) mass is 1120 g/mol. The molecule has 13 nitrogen and oxygen atoms in total. The number of halogens is 4. The first-order valence-electron chi connectivity index (χ1n) is 25.0. The van der Waals surface area contributed by atoms with Gasteiger partial charge in [-0.1, -0.05) is 65.9 Å². The summed E-state index contributed by atoms with van der Waals surface area (Å²) in [6.07, 6.45) is 1.27. The average molecular weight is 1120 g/mol. The third-order valence-electron chi connectivity index (χ3n) is 13.5. The highest BCUT2D eigenvalue weighted by Crippen LogP contribution is 2.40. The largest absolute Gasteiger partial charge is 0.501 e. The van der Waals surface area contributed by atoms with Crippen molar-refractivity contribution in [3.8, 4) is 34.2 Å². The SMILES string of the molecule is Cc1c(C(=O)NCCCN2CCN(C)CC2)c(-c2cccc(C#Cc3ccc(NS(=O)(=O)c4ccc(NC(CCN5CCOCC5)CSc5ccccc5)c(S(=O)(=O)C(F)(F)F)c4)cc3)c2)c(-c2ccc(Cl)cc2)n1C. The van der Waals surface area contributed by atoms with Crippen LogP contribution in [-0.4, -0.2) is 138 Å². The Balaban J connectivity index is 1.00. The number of ether oxygens (including phenoxy) is 1. The minimum Gasteiger partial charge on any atom is -0.380 e. The average Bonchev–Trinajstić information content (AvgIpc) is 3.71. The fraction of sp³-hybridized carbons (Fsp3) is 0.339. The van der Waals surface area contributed by atoms with Crippen LogP contribution >= 0.6 is 23.4 Å². The van der Waals surface area contributed by atoms with Gasteiger partial charge in [-0.3, -0.25) is 14.4 Å². The van der Waals surface area contributed by atoms with Crippen LogP contribution in [0.3, 0.4) is 0 Å². The molecule has 0 spiro atoms. The Kier molecular flexibility index (Phi) is 18.6. The number of carbonyl (C=O) groups is 1. The second-order valence-corrected chi connectivity index (χ2v) is 24.0. The Labute approximate surface area is 453 Å². The number of amides is 1. The number of sulfone groups is 1. The van der Waals surface area contributed by atoms with Crippen molar-refractivity contribution >= 4 is 60.5 Å². The quantitative estimate of drug-likeness (QED) is 0.0405. The van der Waals surface area contributed by atoms with Gasteiger partial charge in [-0.2, -0.15) is 13.2 Å². The molecule has 5 aromatic carbocycles. The van der Waals surface area contributed by atoms with E-state index in [1.165, 1.54) is 23.9 Å². The smallest absolute Gasteiger partial charge is 0.380 e. The van der Waals surface area contributed by atoms with Gasteiger partial charge in [-0.05, 0) is 123 Å². The number of thioether (sulfide) groups is 1. The van der Waals surface area contributed by atoms with Gasteiger partial charge in [0.2, 0.25) is 0 Å². The number of carbonyl (C=O) groups excluding carboxylic acids is 1. The standard InChI is InChI=1S/C56H61ClF3N7O6S3/c1-40-52(55(68)61-26-8-27-66-31-29-64(2)30-32-66)53(54(65(40)3)43-17-19-45(57)20-18-43)44-10-7-9-42(37-44)14-13-41-15-21-46(22-16-41)63-76(71,72)49-23-24-50(51(38-49)75(69,70)56(58,59)60)62-47(25-28-67-33-35-73-36-34-67)39-74-48-11-5-4-6-12-48/h4-7,9-12,15-24,37-38,47,62-63H,8,25-36,39H2,1-3H3,(H,61,68). The van der Waals surface area contributed by atoms with Gasteiger partial charge in [-0.15, -0.1) is 11.8 Å². The van der Waals surface area contributed by atoms with Gasteiger partial charge in [-0.25, -0.2) is 16.8 Å². The minimum absolute atomic E-state index is 0.0652. The van der Waals surface area contributed by atoms with E-state index in [4.69, 9.17) is 16.3 Å². The summed E-state index contributed by atoms with van der Waals surface area (Å²) in [5, 5.41) is 6.80. The van der Waals surface area contributed by atoms with E-state index < -0.39 is 41.2 Å². The molecule has 0 saturated carbocycles. The Hall–Kier alpha value is -5.82. The Morgan fingerprint density at radius 2 is 1.46 bits per heavy atom. The topological polar surface area (TPSA) is 145 Å². The first-order chi connectivity index (χ1) is 36.4. The Morgan fingerprint density at radius 1 is 0.776 bits per heavy atom. The lowest BCUT2D eigenvalue weighted by atomic mass is 9.95. The van der Waals surface area contributed by atoms with Crippen LogP contribution in [-0.2, 0) is 31.6 Å². The molecule has 2 fully saturated rings. The molecule has 20 heteroatoms. The molecular formula is C56H61ClF3N7O6S3. The van der Waals surface area contributed by atoms with Crippen molar-refractivity contribution in [1.29, 1.82) is 0 Å². The highest BCUT2D eigenvalue weighted by atomic mass is 35.5. The number of rotatable bonds is 19. The summed E-state index contributed by atoms with van der Waals surface area (Å²) in [7, 11) is -6.58. The number of hydrogen-bond donors (Lipinski definition) is 3. The first-order valence-corrected chi connectivity index (χ1v) is 29.3. The molecule has 3 N–H and O–H groups in total. The van der Waals surface area contributed by atoms with Crippen LogP contribution < -0.4 is 15.4 Å². The van der Waals surface area contributed by atoms with Crippen molar-refractivity contribution in [3.63, 3.8) is 0 Å². The van der Waals surface area contributed by atoms with E-state index in [-0.39, 0.29) is 17.3 Å². The van der Waals surface area contributed by atoms with Gasteiger partial charge >= 0.3 is 5.51 Å². The van der Waals surface area contributed by atoms with E-state index in [0.29, 0.717) is 79.3 Å². The molecule has 3 heterocycles. The van der Waals surface area contributed by atoms with Crippen molar-refractivity contribution in [3.05, 3.63) is 149 Å². The third-order valence-corrected chi connectivity index (χ3v) is 17.8.